The lowest BCUT2D eigenvalue weighted by Crippen LogP contribution is -2.44. The van der Waals surface area contributed by atoms with Crippen molar-refractivity contribution in [2.45, 2.75) is 26.4 Å². The van der Waals surface area contributed by atoms with Crippen LogP contribution >= 0.6 is 0 Å². The van der Waals surface area contributed by atoms with Crippen molar-refractivity contribution >= 4 is 5.91 Å². The molecule has 0 spiro atoms. The number of aliphatic hydroxyl groups excluding tert-OH is 1. The Morgan fingerprint density at radius 1 is 1.23 bits per heavy atom. The smallest absolute Gasteiger partial charge is 0.269 e. The van der Waals surface area contributed by atoms with E-state index in [9.17, 15) is 9.90 Å². The Morgan fingerprint density at radius 2 is 1.91 bits per heavy atom. The van der Waals surface area contributed by atoms with Gasteiger partial charge in [0.15, 0.2) is 0 Å². The van der Waals surface area contributed by atoms with Gasteiger partial charge in [0.2, 0.25) is 0 Å². The Kier molecular flexibility index (Phi) is 5.28. The molecule has 0 saturated heterocycles. The number of hydrogen-bond acceptors (Lipinski definition) is 3. The molecule has 2 N–H and O–H groups in total. The minimum atomic E-state index is -0.545. The zero-order valence-corrected chi connectivity index (χ0v) is 13.0. The molecule has 1 aromatic heterocycles. The molecule has 22 heavy (non-hydrogen) atoms. The van der Waals surface area contributed by atoms with Crippen LogP contribution in [0.15, 0.2) is 54.7 Å². The fourth-order valence-corrected chi connectivity index (χ4v) is 2.29. The van der Waals surface area contributed by atoms with Crippen molar-refractivity contribution in [2.24, 2.45) is 5.41 Å². The second-order valence-corrected chi connectivity index (χ2v) is 5.89. The van der Waals surface area contributed by atoms with Crippen molar-refractivity contribution in [1.29, 1.82) is 0 Å². The molecule has 2 aromatic rings. The summed E-state index contributed by atoms with van der Waals surface area (Å²) in [6.45, 7) is 4.12. The minimum absolute atomic E-state index is 0.222. The first-order valence-electron chi connectivity index (χ1n) is 7.42. The molecule has 2 atom stereocenters. The molecule has 0 aliphatic carbocycles. The topological polar surface area (TPSA) is 62.2 Å². The Hall–Kier alpha value is -2.20. The van der Waals surface area contributed by atoms with E-state index in [1.807, 2.05) is 37.3 Å². The fourth-order valence-electron chi connectivity index (χ4n) is 2.29. The summed E-state index contributed by atoms with van der Waals surface area (Å²) in [5, 5.41) is 13.0. The van der Waals surface area contributed by atoms with Gasteiger partial charge in [0.05, 0.1) is 6.10 Å². The van der Waals surface area contributed by atoms with Crippen molar-refractivity contribution in [3.63, 3.8) is 0 Å². The van der Waals surface area contributed by atoms with Crippen LogP contribution in [0, 0.1) is 5.41 Å². The third kappa shape index (κ3) is 4.15. The summed E-state index contributed by atoms with van der Waals surface area (Å²) in [4.78, 5) is 16.1. The van der Waals surface area contributed by atoms with Crippen LogP contribution in [0.3, 0.4) is 0 Å². The molecular weight excluding hydrogens is 276 g/mol. The number of nitrogens with zero attached hydrogens (tertiary/aromatic N) is 1. The van der Waals surface area contributed by atoms with E-state index < -0.39 is 11.5 Å². The van der Waals surface area contributed by atoms with E-state index >= 15 is 0 Å². The molecule has 0 bridgehead atoms. The summed E-state index contributed by atoms with van der Waals surface area (Å²) >= 11 is 0. The molecule has 2 rings (SSSR count). The van der Waals surface area contributed by atoms with Crippen molar-refractivity contribution in [3.8, 4) is 0 Å². The van der Waals surface area contributed by atoms with E-state index in [0.29, 0.717) is 18.7 Å². The summed E-state index contributed by atoms with van der Waals surface area (Å²) in [6.07, 6.45) is 1.73. The fraction of sp³-hybridized carbons (Fsp3) is 0.333. The molecule has 1 amide bonds. The van der Waals surface area contributed by atoms with Crippen LogP contribution in [0.1, 0.15) is 29.9 Å². The lowest BCUT2D eigenvalue weighted by atomic mass is 9.79. The molecule has 0 aliphatic rings. The second kappa shape index (κ2) is 7.18. The SMILES string of the molecule is C[C@H](O)[C@@](C)(CNC(=O)c1ccccn1)Cc1ccccc1. The lowest BCUT2D eigenvalue weighted by molar-refractivity contribution is 0.0499. The maximum Gasteiger partial charge on any atom is 0.269 e. The van der Waals surface area contributed by atoms with E-state index in [4.69, 9.17) is 0 Å². The summed E-state index contributed by atoms with van der Waals surface area (Å²) in [6, 6.07) is 15.2. The lowest BCUT2D eigenvalue weighted by Gasteiger charge is -2.33. The number of benzene rings is 1. The minimum Gasteiger partial charge on any atom is -0.393 e. The summed E-state index contributed by atoms with van der Waals surface area (Å²) in [7, 11) is 0. The van der Waals surface area contributed by atoms with Crippen molar-refractivity contribution < 1.29 is 9.90 Å². The van der Waals surface area contributed by atoms with Gasteiger partial charge in [0.1, 0.15) is 5.69 Å². The van der Waals surface area contributed by atoms with Gasteiger partial charge in [0, 0.05) is 18.2 Å². The Balaban J connectivity index is 2.04. The zero-order chi connectivity index (χ0) is 16.0. The molecule has 0 fully saturated rings. The number of pyridine rings is 1. The van der Waals surface area contributed by atoms with Gasteiger partial charge in [-0.25, -0.2) is 0 Å². The van der Waals surface area contributed by atoms with Crippen LogP contribution in [0.2, 0.25) is 0 Å². The van der Waals surface area contributed by atoms with Crippen LogP contribution < -0.4 is 5.32 Å². The van der Waals surface area contributed by atoms with Crippen LogP contribution in [-0.4, -0.2) is 28.6 Å². The summed E-state index contributed by atoms with van der Waals surface area (Å²) < 4.78 is 0. The number of carbonyl (C=O) groups is 1. The average Bonchev–Trinajstić information content (AvgIpc) is 2.54. The van der Waals surface area contributed by atoms with Gasteiger partial charge >= 0.3 is 0 Å². The van der Waals surface area contributed by atoms with Gasteiger partial charge in [-0.15, -0.1) is 0 Å². The van der Waals surface area contributed by atoms with Gasteiger partial charge in [-0.2, -0.15) is 0 Å². The third-order valence-corrected chi connectivity index (χ3v) is 4.01. The summed E-state index contributed by atoms with van der Waals surface area (Å²) in [5.74, 6) is -0.222. The predicted octanol–water partition coefficient (Wildman–Crippen LogP) is 2.44. The van der Waals surface area contributed by atoms with Crippen molar-refractivity contribution in [3.05, 3.63) is 66.0 Å². The van der Waals surface area contributed by atoms with Crippen LogP contribution in [-0.2, 0) is 6.42 Å². The Bertz CT molecular complexity index is 599. The highest BCUT2D eigenvalue weighted by Crippen LogP contribution is 2.26. The Labute approximate surface area is 131 Å². The number of amides is 1. The molecule has 1 aromatic carbocycles. The first-order valence-corrected chi connectivity index (χ1v) is 7.42. The highest BCUT2D eigenvalue weighted by Gasteiger charge is 2.31. The van der Waals surface area contributed by atoms with Gasteiger partial charge < -0.3 is 10.4 Å². The van der Waals surface area contributed by atoms with Crippen molar-refractivity contribution in [1.82, 2.24) is 10.3 Å². The van der Waals surface area contributed by atoms with Gasteiger partial charge in [-0.1, -0.05) is 43.3 Å². The zero-order valence-electron chi connectivity index (χ0n) is 13.0. The summed E-state index contributed by atoms with van der Waals surface area (Å²) in [5.41, 5.74) is 1.08. The molecular formula is C18H22N2O2. The number of hydrogen-bond donors (Lipinski definition) is 2. The number of aromatic nitrogens is 1. The molecule has 1 heterocycles. The van der Waals surface area contributed by atoms with Crippen LogP contribution in [0.5, 0.6) is 0 Å². The molecule has 0 aliphatic heterocycles. The standard InChI is InChI=1S/C18H22N2O2/c1-14(21)18(2,12-15-8-4-3-5-9-15)13-20-17(22)16-10-6-7-11-19-16/h3-11,14,21H,12-13H2,1-2H3,(H,20,22)/t14-,18+/m0/s1. The quantitative estimate of drug-likeness (QED) is 0.861. The van der Waals surface area contributed by atoms with Crippen LogP contribution in [0.25, 0.3) is 0 Å². The third-order valence-electron chi connectivity index (χ3n) is 4.01. The first-order chi connectivity index (χ1) is 10.5. The van der Waals surface area contributed by atoms with E-state index in [1.54, 1.807) is 31.3 Å². The van der Waals surface area contributed by atoms with Crippen molar-refractivity contribution in [2.75, 3.05) is 6.54 Å². The van der Waals surface area contributed by atoms with Crippen LogP contribution in [0.4, 0.5) is 0 Å². The highest BCUT2D eigenvalue weighted by atomic mass is 16.3. The molecule has 116 valence electrons. The van der Waals surface area contributed by atoms with E-state index in [0.717, 1.165) is 5.56 Å². The average molecular weight is 298 g/mol. The predicted molar refractivity (Wildman–Crippen MR) is 86.5 cm³/mol. The number of carbonyl (C=O) groups excluding carboxylic acids is 1. The molecule has 4 heteroatoms. The van der Waals surface area contributed by atoms with E-state index in [2.05, 4.69) is 10.3 Å². The van der Waals surface area contributed by atoms with Gasteiger partial charge in [-0.3, -0.25) is 9.78 Å². The molecule has 0 unspecified atom stereocenters. The molecule has 4 nitrogen and oxygen atoms in total. The number of nitrogens with one attached hydrogen (secondary N) is 1. The normalized spacial score (nSPS) is 14.9. The maximum atomic E-state index is 12.1. The van der Waals surface area contributed by atoms with Gasteiger partial charge in [-0.05, 0) is 31.0 Å². The monoisotopic (exact) mass is 298 g/mol. The van der Waals surface area contributed by atoms with E-state index in [-0.39, 0.29) is 5.91 Å². The number of aliphatic hydroxyl groups is 1. The maximum absolute atomic E-state index is 12.1. The van der Waals surface area contributed by atoms with E-state index in [1.165, 1.54) is 0 Å². The Morgan fingerprint density at radius 3 is 2.50 bits per heavy atom. The second-order valence-electron chi connectivity index (χ2n) is 5.89. The molecule has 0 saturated carbocycles. The number of rotatable bonds is 6. The molecule has 0 radical (unpaired) electrons. The first kappa shape index (κ1) is 16.2. The highest BCUT2D eigenvalue weighted by molar-refractivity contribution is 5.92. The van der Waals surface area contributed by atoms with Gasteiger partial charge in [0.25, 0.3) is 5.91 Å². The largest absolute Gasteiger partial charge is 0.393 e.